The van der Waals surface area contributed by atoms with E-state index in [9.17, 15) is 13.9 Å². The fraction of sp³-hybridized carbons (Fsp3) is 0.143. The third-order valence-electron chi connectivity index (χ3n) is 2.49. The van der Waals surface area contributed by atoms with Crippen molar-refractivity contribution in [2.75, 3.05) is 0 Å². The maximum Gasteiger partial charge on any atom is 0.137 e. The molecular formula is C14H12F2OS. The van der Waals surface area contributed by atoms with Crippen molar-refractivity contribution < 1.29 is 13.9 Å². The van der Waals surface area contributed by atoms with E-state index in [-0.39, 0.29) is 11.4 Å². The lowest BCUT2D eigenvalue weighted by atomic mass is 10.1. The molecule has 2 aromatic carbocycles. The highest BCUT2D eigenvalue weighted by Gasteiger charge is 2.15. The maximum atomic E-state index is 13.6. The zero-order valence-corrected chi connectivity index (χ0v) is 10.5. The largest absolute Gasteiger partial charge is 0.389 e. The van der Waals surface area contributed by atoms with Crippen LogP contribution in [0.1, 0.15) is 18.6 Å². The predicted octanol–water partition coefficient (Wildman–Crippen LogP) is 4.17. The second-order valence-electron chi connectivity index (χ2n) is 3.86. The first-order chi connectivity index (χ1) is 8.59. The second kappa shape index (κ2) is 5.50. The van der Waals surface area contributed by atoms with Gasteiger partial charge in [-0.3, -0.25) is 0 Å². The van der Waals surface area contributed by atoms with Crippen LogP contribution in [-0.4, -0.2) is 5.11 Å². The first kappa shape index (κ1) is 13.1. The van der Waals surface area contributed by atoms with Crippen LogP contribution in [0.2, 0.25) is 0 Å². The molecular weight excluding hydrogens is 254 g/mol. The molecule has 0 aliphatic carbocycles. The second-order valence-corrected chi connectivity index (χ2v) is 4.94. The van der Waals surface area contributed by atoms with Crippen molar-refractivity contribution in [2.24, 2.45) is 0 Å². The molecule has 1 N–H and O–H groups in total. The van der Waals surface area contributed by atoms with Crippen molar-refractivity contribution >= 4 is 11.8 Å². The van der Waals surface area contributed by atoms with E-state index in [0.717, 1.165) is 11.8 Å². The van der Waals surface area contributed by atoms with Crippen molar-refractivity contribution in [1.29, 1.82) is 0 Å². The smallest absolute Gasteiger partial charge is 0.137 e. The van der Waals surface area contributed by atoms with Crippen LogP contribution in [0, 0.1) is 11.6 Å². The Kier molecular flexibility index (Phi) is 3.99. The highest BCUT2D eigenvalue weighted by atomic mass is 32.2. The molecule has 94 valence electrons. The van der Waals surface area contributed by atoms with Crippen molar-refractivity contribution in [2.45, 2.75) is 22.8 Å². The molecule has 18 heavy (non-hydrogen) atoms. The molecule has 0 aliphatic rings. The molecule has 0 fully saturated rings. The topological polar surface area (TPSA) is 20.2 Å². The van der Waals surface area contributed by atoms with Gasteiger partial charge >= 0.3 is 0 Å². The molecule has 0 bridgehead atoms. The SMILES string of the molecule is C[C@H](O)c1c(F)cccc1Sc1ccccc1F. The summed E-state index contributed by atoms with van der Waals surface area (Å²) < 4.78 is 27.2. The van der Waals surface area contributed by atoms with Gasteiger partial charge in [-0.05, 0) is 31.2 Å². The number of halogens is 2. The van der Waals surface area contributed by atoms with Crippen LogP contribution in [0.4, 0.5) is 8.78 Å². The normalized spacial score (nSPS) is 12.4. The summed E-state index contributed by atoms with van der Waals surface area (Å²) in [5.74, 6) is -0.838. The lowest BCUT2D eigenvalue weighted by Crippen LogP contribution is -1.98. The minimum atomic E-state index is -0.930. The predicted molar refractivity (Wildman–Crippen MR) is 67.6 cm³/mol. The van der Waals surface area contributed by atoms with E-state index in [2.05, 4.69) is 0 Å². The number of benzene rings is 2. The Bertz CT molecular complexity index is 555. The Labute approximate surface area is 108 Å². The Morgan fingerprint density at radius 3 is 2.22 bits per heavy atom. The Hall–Kier alpha value is -1.39. The summed E-state index contributed by atoms with van der Waals surface area (Å²) in [4.78, 5) is 0.931. The Morgan fingerprint density at radius 2 is 1.56 bits per heavy atom. The van der Waals surface area contributed by atoms with Gasteiger partial charge in [0.25, 0.3) is 0 Å². The number of aliphatic hydroxyl groups is 1. The fourth-order valence-corrected chi connectivity index (χ4v) is 2.73. The van der Waals surface area contributed by atoms with Crippen LogP contribution >= 0.6 is 11.8 Å². The van der Waals surface area contributed by atoms with Gasteiger partial charge < -0.3 is 5.11 Å². The molecule has 0 aromatic heterocycles. The van der Waals surface area contributed by atoms with Crippen LogP contribution in [0.25, 0.3) is 0 Å². The molecule has 0 amide bonds. The quantitative estimate of drug-likeness (QED) is 0.899. The summed E-state index contributed by atoms with van der Waals surface area (Å²) in [7, 11) is 0. The highest BCUT2D eigenvalue weighted by molar-refractivity contribution is 7.99. The monoisotopic (exact) mass is 266 g/mol. The van der Waals surface area contributed by atoms with E-state index >= 15 is 0 Å². The fourth-order valence-electron chi connectivity index (χ4n) is 1.66. The van der Waals surface area contributed by atoms with Gasteiger partial charge in [0.2, 0.25) is 0 Å². The molecule has 0 spiro atoms. The molecule has 1 atom stereocenters. The van der Waals surface area contributed by atoms with Gasteiger partial charge in [0.1, 0.15) is 11.6 Å². The molecule has 0 saturated heterocycles. The number of hydrogen-bond donors (Lipinski definition) is 1. The summed E-state index contributed by atoms with van der Waals surface area (Å²) in [5, 5.41) is 9.59. The molecule has 2 rings (SSSR count). The van der Waals surface area contributed by atoms with Crippen LogP contribution < -0.4 is 0 Å². The number of hydrogen-bond acceptors (Lipinski definition) is 2. The van der Waals surface area contributed by atoms with Crippen molar-refractivity contribution in [3.8, 4) is 0 Å². The van der Waals surface area contributed by atoms with Crippen LogP contribution in [0.5, 0.6) is 0 Å². The molecule has 0 aliphatic heterocycles. The molecule has 0 radical (unpaired) electrons. The first-order valence-electron chi connectivity index (χ1n) is 5.48. The van der Waals surface area contributed by atoms with Crippen molar-refractivity contribution in [1.82, 2.24) is 0 Å². The summed E-state index contributed by atoms with van der Waals surface area (Å²) in [6.07, 6.45) is -0.930. The van der Waals surface area contributed by atoms with Crippen molar-refractivity contribution in [3.05, 3.63) is 59.7 Å². The molecule has 4 heteroatoms. The summed E-state index contributed by atoms with van der Waals surface area (Å²) in [5.41, 5.74) is 0.200. The van der Waals surface area contributed by atoms with Crippen LogP contribution in [0.15, 0.2) is 52.3 Å². The summed E-state index contributed by atoms with van der Waals surface area (Å²) >= 11 is 1.11. The van der Waals surface area contributed by atoms with Gasteiger partial charge in [0.15, 0.2) is 0 Å². The average molecular weight is 266 g/mol. The van der Waals surface area contributed by atoms with Gasteiger partial charge in [-0.15, -0.1) is 0 Å². The van der Waals surface area contributed by atoms with Gasteiger partial charge in [-0.1, -0.05) is 30.0 Å². The Morgan fingerprint density at radius 1 is 0.944 bits per heavy atom. The molecule has 2 aromatic rings. The Balaban J connectivity index is 2.41. The first-order valence-corrected chi connectivity index (χ1v) is 6.30. The minimum Gasteiger partial charge on any atom is -0.389 e. The standard InChI is InChI=1S/C14H12F2OS/c1-9(17)14-11(16)6-4-8-13(14)18-12-7-3-2-5-10(12)15/h2-9,17H,1H3/t9-/m0/s1. The van der Waals surface area contributed by atoms with E-state index in [0.29, 0.717) is 9.79 Å². The maximum absolute atomic E-state index is 13.6. The van der Waals surface area contributed by atoms with E-state index in [4.69, 9.17) is 0 Å². The van der Waals surface area contributed by atoms with Gasteiger partial charge in [-0.25, -0.2) is 8.78 Å². The summed E-state index contributed by atoms with van der Waals surface area (Å²) in [6.45, 7) is 1.49. The number of rotatable bonds is 3. The van der Waals surface area contributed by atoms with Crippen LogP contribution in [0.3, 0.4) is 0 Å². The molecule has 0 unspecified atom stereocenters. The third-order valence-corrected chi connectivity index (χ3v) is 3.61. The van der Waals surface area contributed by atoms with E-state index in [1.54, 1.807) is 30.3 Å². The third kappa shape index (κ3) is 2.71. The zero-order chi connectivity index (χ0) is 13.1. The van der Waals surface area contributed by atoms with E-state index in [1.807, 2.05) is 0 Å². The van der Waals surface area contributed by atoms with Crippen LogP contribution in [-0.2, 0) is 0 Å². The summed E-state index contributed by atoms with van der Waals surface area (Å²) in [6, 6.07) is 10.8. The van der Waals surface area contributed by atoms with E-state index in [1.165, 1.54) is 19.1 Å². The van der Waals surface area contributed by atoms with E-state index < -0.39 is 11.9 Å². The van der Waals surface area contributed by atoms with Gasteiger partial charge in [0.05, 0.1) is 6.10 Å². The average Bonchev–Trinajstić information content (AvgIpc) is 2.31. The molecule has 1 nitrogen and oxygen atoms in total. The lowest BCUT2D eigenvalue weighted by Gasteiger charge is -2.12. The highest BCUT2D eigenvalue weighted by Crippen LogP contribution is 2.35. The number of aliphatic hydroxyl groups excluding tert-OH is 1. The molecule has 0 saturated carbocycles. The molecule has 0 heterocycles. The lowest BCUT2D eigenvalue weighted by molar-refractivity contribution is 0.191. The van der Waals surface area contributed by atoms with Gasteiger partial charge in [-0.2, -0.15) is 0 Å². The van der Waals surface area contributed by atoms with Crippen molar-refractivity contribution in [3.63, 3.8) is 0 Å². The zero-order valence-electron chi connectivity index (χ0n) is 9.73. The minimum absolute atomic E-state index is 0.200. The van der Waals surface area contributed by atoms with Gasteiger partial charge in [0, 0.05) is 15.4 Å².